The summed E-state index contributed by atoms with van der Waals surface area (Å²) in [5, 5.41) is 21.5. The lowest BCUT2D eigenvalue weighted by Gasteiger charge is -2.25. The van der Waals surface area contributed by atoms with E-state index in [0.29, 0.717) is 13.2 Å². The monoisotopic (exact) mass is 205 g/mol. The minimum atomic E-state index is -0.525. The molecule has 4 heteroatoms. The van der Waals surface area contributed by atoms with Crippen molar-refractivity contribution in [2.24, 2.45) is 0 Å². The van der Waals surface area contributed by atoms with Crippen LogP contribution in [0.4, 0.5) is 0 Å². The number of nitrogens with one attached hydrogen (secondary N) is 1. The predicted molar refractivity (Wildman–Crippen MR) is 56.3 cm³/mol. The van der Waals surface area contributed by atoms with Crippen LogP contribution in [0.15, 0.2) is 0 Å². The zero-order chi connectivity index (χ0) is 11.2. The van der Waals surface area contributed by atoms with Gasteiger partial charge in [-0.1, -0.05) is 0 Å². The Bertz CT molecular complexity index is 148. The zero-order valence-corrected chi connectivity index (χ0v) is 9.58. The second-order valence-electron chi connectivity index (χ2n) is 4.46. The van der Waals surface area contributed by atoms with Gasteiger partial charge in [0.2, 0.25) is 0 Å². The number of ether oxygens (including phenoxy) is 1. The molecule has 14 heavy (non-hydrogen) atoms. The largest absolute Gasteiger partial charge is 0.394 e. The van der Waals surface area contributed by atoms with Gasteiger partial charge >= 0.3 is 0 Å². The molecule has 0 aliphatic heterocycles. The Morgan fingerprint density at radius 3 is 2.36 bits per heavy atom. The van der Waals surface area contributed by atoms with E-state index in [4.69, 9.17) is 9.84 Å². The van der Waals surface area contributed by atoms with E-state index in [2.05, 4.69) is 5.32 Å². The van der Waals surface area contributed by atoms with Crippen LogP contribution in [0.5, 0.6) is 0 Å². The van der Waals surface area contributed by atoms with Crippen molar-refractivity contribution in [1.82, 2.24) is 5.32 Å². The van der Waals surface area contributed by atoms with E-state index in [1.165, 1.54) is 0 Å². The molecular weight excluding hydrogens is 182 g/mol. The highest BCUT2D eigenvalue weighted by Crippen LogP contribution is 2.00. The normalized spacial score (nSPS) is 14.8. The summed E-state index contributed by atoms with van der Waals surface area (Å²) >= 11 is 0. The second-order valence-corrected chi connectivity index (χ2v) is 4.46. The summed E-state index contributed by atoms with van der Waals surface area (Å²) in [7, 11) is 0. The number of aliphatic hydroxyl groups is 2. The van der Waals surface area contributed by atoms with Crippen LogP contribution in [-0.4, -0.2) is 47.7 Å². The lowest BCUT2D eigenvalue weighted by atomic mass is 10.1. The predicted octanol–water partition coefficient (Wildman–Crippen LogP) is 0.133. The summed E-state index contributed by atoms with van der Waals surface area (Å²) in [4.78, 5) is 0. The molecule has 0 aromatic rings. The van der Waals surface area contributed by atoms with E-state index in [0.717, 1.165) is 0 Å². The fourth-order valence-electron chi connectivity index (χ4n) is 0.812. The smallest absolute Gasteiger partial charge is 0.0898 e. The minimum Gasteiger partial charge on any atom is -0.394 e. The number of hydrogen-bond donors (Lipinski definition) is 3. The Morgan fingerprint density at radius 1 is 1.36 bits per heavy atom. The van der Waals surface area contributed by atoms with E-state index in [1.807, 2.05) is 27.7 Å². The van der Waals surface area contributed by atoms with Gasteiger partial charge in [-0.05, 0) is 27.7 Å². The van der Waals surface area contributed by atoms with E-state index in [1.54, 1.807) is 0 Å². The van der Waals surface area contributed by atoms with Crippen molar-refractivity contribution < 1.29 is 14.9 Å². The third kappa shape index (κ3) is 7.26. The van der Waals surface area contributed by atoms with Gasteiger partial charge in [0.05, 0.1) is 25.4 Å². The standard InChI is InChI=1S/C10H23NO3/c1-8(2)14-6-9(13)5-11-10(3,4)7-12/h8-9,11-13H,5-7H2,1-4H3. The molecule has 3 N–H and O–H groups in total. The van der Waals surface area contributed by atoms with Crippen LogP contribution in [-0.2, 0) is 4.74 Å². The average molecular weight is 205 g/mol. The Kier molecular flexibility index (Phi) is 6.27. The van der Waals surface area contributed by atoms with Crippen molar-refractivity contribution in [3.05, 3.63) is 0 Å². The van der Waals surface area contributed by atoms with Gasteiger partial charge in [-0.2, -0.15) is 0 Å². The van der Waals surface area contributed by atoms with Crippen LogP contribution in [0.1, 0.15) is 27.7 Å². The summed E-state index contributed by atoms with van der Waals surface area (Å²) in [5.41, 5.74) is -0.348. The highest BCUT2D eigenvalue weighted by Gasteiger charge is 2.17. The highest BCUT2D eigenvalue weighted by atomic mass is 16.5. The van der Waals surface area contributed by atoms with Gasteiger partial charge in [0, 0.05) is 12.1 Å². The number of β-amino-alcohol motifs (C(OH)–C–C–N with tert-alkyl or cyclic N) is 1. The maximum atomic E-state index is 9.49. The Balaban J connectivity index is 3.58. The molecule has 4 nitrogen and oxygen atoms in total. The van der Waals surface area contributed by atoms with Crippen molar-refractivity contribution in [3.8, 4) is 0 Å². The van der Waals surface area contributed by atoms with E-state index in [-0.39, 0.29) is 18.2 Å². The summed E-state index contributed by atoms with van der Waals surface area (Å²) in [6.45, 7) is 8.42. The summed E-state index contributed by atoms with van der Waals surface area (Å²) in [6, 6.07) is 0. The number of hydrogen-bond acceptors (Lipinski definition) is 4. The lowest BCUT2D eigenvalue weighted by molar-refractivity contribution is 0.00267. The fraction of sp³-hybridized carbons (Fsp3) is 1.00. The molecule has 0 fully saturated rings. The van der Waals surface area contributed by atoms with Gasteiger partial charge in [-0.3, -0.25) is 0 Å². The minimum absolute atomic E-state index is 0.0464. The molecule has 0 heterocycles. The van der Waals surface area contributed by atoms with Gasteiger partial charge in [0.15, 0.2) is 0 Å². The van der Waals surface area contributed by atoms with Crippen LogP contribution in [0.2, 0.25) is 0 Å². The molecule has 0 aromatic carbocycles. The van der Waals surface area contributed by atoms with Gasteiger partial charge in [-0.25, -0.2) is 0 Å². The van der Waals surface area contributed by atoms with Crippen molar-refractivity contribution in [1.29, 1.82) is 0 Å². The molecule has 0 aromatic heterocycles. The third-order valence-corrected chi connectivity index (χ3v) is 1.83. The number of rotatable bonds is 7. The first-order chi connectivity index (χ1) is 6.37. The summed E-state index contributed by atoms with van der Waals surface area (Å²) in [5.74, 6) is 0. The highest BCUT2D eigenvalue weighted by molar-refractivity contribution is 4.77. The quantitative estimate of drug-likeness (QED) is 0.553. The molecule has 0 amide bonds. The SMILES string of the molecule is CC(C)OCC(O)CNC(C)(C)CO. The molecule has 1 atom stereocenters. The first kappa shape index (κ1) is 13.8. The molecule has 1 unspecified atom stereocenters. The van der Waals surface area contributed by atoms with Crippen LogP contribution in [0.25, 0.3) is 0 Å². The van der Waals surface area contributed by atoms with Gasteiger partial charge < -0.3 is 20.3 Å². The van der Waals surface area contributed by atoms with Gasteiger partial charge in [0.25, 0.3) is 0 Å². The number of aliphatic hydroxyl groups excluding tert-OH is 2. The van der Waals surface area contributed by atoms with E-state index in [9.17, 15) is 5.11 Å². The lowest BCUT2D eigenvalue weighted by Crippen LogP contribution is -2.47. The Hall–Kier alpha value is -0.160. The maximum absolute atomic E-state index is 9.49. The topological polar surface area (TPSA) is 61.7 Å². The molecule has 0 rings (SSSR count). The fourth-order valence-corrected chi connectivity index (χ4v) is 0.812. The maximum Gasteiger partial charge on any atom is 0.0898 e. The van der Waals surface area contributed by atoms with Crippen LogP contribution < -0.4 is 5.32 Å². The van der Waals surface area contributed by atoms with Gasteiger partial charge in [0.1, 0.15) is 0 Å². The third-order valence-electron chi connectivity index (χ3n) is 1.83. The Morgan fingerprint density at radius 2 is 1.93 bits per heavy atom. The van der Waals surface area contributed by atoms with Crippen molar-refractivity contribution in [3.63, 3.8) is 0 Å². The molecular formula is C10H23NO3. The first-order valence-corrected chi connectivity index (χ1v) is 5.03. The van der Waals surface area contributed by atoms with Crippen LogP contribution >= 0.6 is 0 Å². The first-order valence-electron chi connectivity index (χ1n) is 5.03. The van der Waals surface area contributed by atoms with E-state index < -0.39 is 6.10 Å². The van der Waals surface area contributed by atoms with Crippen molar-refractivity contribution in [2.75, 3.05) is 19.8 Å². The van der Waals surface area contributed by atoms with Crippen LogP contribution in [0, 0.1) is 0 Å². The van der Waals surface area contributed by atoms with Crippen molar-refractivity contribution in [2.45, 2.75) is 45.4 Å². The molecule has 0 aliphatic carbocycles. The van der Waals surface area contributed by atoms with E-state index >= 15 is 0 Å². The molecule has 86 valence electrons. The molecule has 0 radical (unpaired) electrons. The summed E-state index contributed by atoms with van der Waals surface area (Å²) < 4.78 is 5.25. The zero-order valence-electron chi connectivity index (χ0n) is 9.58. The van der Waals surface area contributed by atoms with Gasteiger partial charge in [-0.15, -0.1) is 0 Å². The Labute approximate surface area is 86.3 Å². The molecule has 0 saturated heterocycles. The average Bonchev–Trinajstić information content (AvgIpc) is 2.11. The molecule has 0 bridgehead atoms. The summed E-state index contributed by atoms with van der Waals surface area (Å²) in [6.07, 6.45) is -0.390. The second kappa shape index (κ2) is 6.35. The van der Waals surface area contributed by atoms with Crippen LogP contribution in [0.3, 0.4) is 0 Å². The van der Waals surface area contributed by atoms with Crippen molar-refractivity contribution >= 4 is 0 Å². The molecule has 0 aliphatic rings. The molecule has 0 saturated carbocycles. The molecule has 0 spiro atoms.